The molecule has 1 atom stereocenters. The molecule has 0 bridgehead atoms. The molecule has 0 spiro atoms. The van der Waals surface area contributed by atoms with E-state index in [0.717, 1.165) is 30.4 Å². The maximum atomic E-state index is 5.43. The van der Waals surface area contributed by atoms with Gasteiger partial charge in [0.25, 0.3) is 0 Å². The highest BCUT2D eigenvalue weighted by Gasteiger charge is 2.28. The number of rotatable bonds is 1. The standard InChI is InChI=1S/C12H15N3S/c16-12-14-11-4-2-1-3-9(11)8-15(12)10-5-6-13-7-10/h1-4,10,13H,5-8H2,(H,14,16)/t10-/m0/s1. The molecule has 4 heteroatoms. The maximum Gasteiger partial charge on any atom is 0.174 e. The second-order valence-corrected chi connectivity index (χ2v) is 4.75. The van der Waals surface area contributed by atoms with Gasteiger partial charge < -0.3 is 15.5 Å². The third kappa shape index (κ3) is 1.68. The highest BCUT2D eigenvalue weighted by Crippen LogP contribution is 2.25. The fourth-order valence-corrected chi connectivity index (χ4v) is 2.75. The van der Waals surface area contributed by atoms with Gasteiger partial charge in [0, 0.05) is 24.8 Å². The molecule has 1 aromatic rings. The van der Waals surface area contributed by atoms with Crippen LogP contribution in [0.25, 0.3) is 0 Å². The first-order chi connectivity index (χ1) is 7.84. The van der Waals surface area contributed by atoms with Crippen LogP contribution in [0.2, 0.25) is 0 Å². The van der Waals surface area contributed by atoms with Gasteiger partial charge in [-0.2, -0.15) is 0 Å². The molecule has 0 radical (unpaired) electrons. The zero-order valence-electron chi connectivity index (χ0n) is 9.07. The molecular formula is C12H15N3S. The first-order valence-corrected chi connectivity index (χ1v) is 6.11. The molecule has 1 saturated heterocycles. The normalized spacial score (nSPS) is 24.1. The van der Waals surface area contributed by atoms with Crippen LogP contribution in [0.4, 0.5) is 5.69 Å². The topological polar surface area (TPSA) is 27.3 Å². The van der Waals surface area contributed by atoms with Crippen LogP contribution >= 0.6 is 12.2 Å². The van der Waals surface area contributed by atoms with E-state index in [9.17, 15) is 0 Å². The van der Waals surface area contributed by atoms with E-state index in [4.69, 9.17) is 12.2 Å². The molecule has 0 unspecified atom stereocenters. The molecule has 1 fully saturated rings. The summed E-state index contributed by atoms with van der Waals surface area (Å²) in [4.78, 5) is 2.30. The molecule has 3 nitrogen and oxygen atoms in total. The fourth-order valence-electron chi connectivity index (χ4n) is 2.42. The Morgan fingerprint density at radius 1 is 1.31 bits per heavy atom. The zero-order valence-corrected chi connectivity index (χ0v) is 9.89. The average molecular weight is 233 g/mol. The van der Waals surface area contributed by atoms with E-state index in [2.05, 4.69) is 33.7 Å². The minimum absolute atomic E-state index is 0.549. The van der Waals surface area contributed by atoms with Gasteiger partial charge in [-0.25, -0.2) is 0 Å². The van der Waals surface area contributed by atoms with Gasteiger partial charge in [-0.1, -0.05) is 18.2 Å². The predicted molar refractivity (Wildman–Crippen MR) is 69.5 cm³/mol. The van der Waals surface area contributed by atoms with Crippen LogP contribution in [-0.2, 0) is 6.54 Å². The van der Waals surface area contributed by atoms with Crippen molar-refractivity contribution in [2.24, 2.45) is 0 Å². The third-order valence-corrected chi connectivity index (χ3v) is 3.67. The number of hydrogen-bond donors (Lipinski definition) is 2. The molecule has 1 aromatic carbocycles. The summed E-state index contributed by atoms with van der Waals surface area (Å²) in [5.41, 5.74) is 2.50. The molecule has 16 heavy (non-hydrogen) atoms. The van der Waals surface area contributed by atoms with Crippen molar-refractivity contribution in [3.63, 3.8) is 0 Å². The Morgan fingerprint density at radius 3 is 3.00 bits per heavy atom. The molecule has 0 aromatic heterocycles. The van der Waals surface area contributed by atoms with Crippen LogP contribution in [0.3, 0.4) is 0 Å². The van der Waals surface area contributed by atoms with Gasteiger partial charge in [-0.15, -0.1) is 0 Å². The minimum atomic E-state index is 0.549. The Kier molecular flexibility index (Phi) is 2.53. The molecule has 0 amide bonds. The van der Waals surface area contributed by atoms with Crippen LogP contribution in [0.15, 0.2) is 24.3 Å². The van der Waals surface area contributed by atoms with Crippen LogP contribution in [-0.4, -0.2) is 29.1 Å². The summed E-state index contributed by atoms with van der Waals surface area (Å²) < 4.78 is 0. The third-order valence-electron chi connectivity index (χ3n) is 3.34. The zero-order chi connectivity index (χ0) is 11.0. The van der Waals surface area contributed by atoms with Crippen molar-refractivity contribution in [2.75, 3.05) is 18.4 Å². The van der Waals surface area contributed by atoms with Crippen molar-refractivity contribution in [1.29, 1.82) is 0 Å². The van der Waals surface area contributed by atoms with Crippen molar-refractivity contribution in [3.05, 3.63) is 29.8 Å². The molecule has 0 saturated carbocycles. The van der Waals surface area contributed by atoms with E-state index in [1.807, 2.05) is 6.07 Å². The second-order valence-electron chi connectivity index (χ2n) is 4.36. The smallest absolute Gasteiger partial charge is 0.174 e. The van der Waals surface area contributed by atoms with Crippen LogP contribution < -0.4 is 10.6 Å². The van der Waals surface area contributed by atoms with Gasteiger partial charge in [0.1, 0.15) is 0 Å². The van der Waals surface area contributed by atoms with Crippen LogP contribution in [0, 0.1) is 0 Å². The summed E-state index contributed by atoms with van der Waals surface area (Å²) in [5.74, 6) is 0. The predicted octanol–water partition coefficient (Wildman–Crippen LogP) is 1.56. The lowest BCUT2D eigenvalue weighted by Gasteiger charge is -2.36. The van der Waals surface area contributed by atoms with E-state index in [1.54, 1.807) is 0 Å². The number of anilines is 1. The van der Waals surface area contributed by atoms with Crippen molar-refractivity contribution >= 4 is 23.0 Å². The SMILES string of the molecule is S=C1Nc2ccccc2CN1[C@H]1CCNC1. The number of nitrogens with zero attached hydrogens (tertiary/aromatic N) is 1. The molecule has 2 N–H and O–H groups in total. The van der Waals surface area contributed by atoms with Crippen molar-refractivity contribution in [3.8, 4) is 0 Å². The maximum absolute atomic E-state index is 5.43. The number of hydrogen-bond acceptors (Lipinski definition) is 2. The fraction of sp³-hybridized carbons (Fsp3) is 0.417. The summed E-state index contributed by atoms with van der Waals surface area (Å²) in [7, 11) is 0. The number of para-hydroxylation sites is 1. The Balaban J connectivity index is 1.86. The van der Waals surface area contributed by atoms with E-state index >= 15 is 0 Å². The Hall–Kier alpha value is -1.13. The summed E-state index contributed by atoms with van der Waals surface area (Å²) in [5, 5.41) is 7.57. The first kappa shape index (κ1) is 10.1. The van der Waals surface area contributed by atoms with E-state index in [-0.39, 0.29) is 0 Å². The van der Waals surface area contributed by atoms with Gasteiger partial charge >= 0.3 is 0 Å². The second kappa shape index (κ2) is 4.03. The van der Waals surface area contributed by atoms with Gasteiger partial charge in [0.05, 0.1) is 0 Å². The van der Waals surface area contributed by atoms with E-state index < -0.39 is 0 Å². The molecular weight excluding hydrogens is 218 g/mol. The monoisotopic (exact) mass is 233 g/mol. The van der Waals surface area contributed by atoms with Gasteiger partial charge in [-0.05, 0) is 36.8 Å². The first-order valence-electron chi connectivity index (χ1n) is 5.71. The molecule has 2 aliphatic heterocycles. The lowest BCUT2D eigenvalue weighted by atomic mass is 10.1. The van der Waals surface area contributed by atoms with Gasteiger partial charge in [-0.3, -0.25) is 0 Å². The molecule has 84 valence electrons. The molecule has 3 rings (SSSR count). The quantitative estimate of drug-likeness (QED) is 0.720. The largest absolute Gasteiger partial charge is 0.340 e. The molecule has 2 heterocycles. The highest BCUT2D eigenvalue weighted by molar-refractivity contribution is 7.80. The number of nitrogens with one attached hydrogen (secondary N) is 2. The van der Waals surface area contributed by atoms with Crippen molar-refractivity contribution in [1.82, 2.24) is 10.2 Å². The number of fused-ring (bicyclic) bond motifs is 1. The Bertz CT molecular complexity index is 412. The summed E-state index contributed by atoms with van der Waals surface area (Å²) in [6, 6.07) is 8.93. The van der Waals surface area contributed by atoms with Crippen LogP contribution in [0.5, 0.6) is 0 Å². The van der Waals surface area contributed by atoms with E-state index in [0.29, 0.717) is 6.04 Å². The number of benzene rings is 1. The number of thiocarbonyl (C=S) groups is 1. The minimum Gasteiger partial charge on any atom is -0.340 e. The highest BCUT2D eigenvalue weighted by atomic mass is 32.1. The Labute approximate surface area is 101 Å². The van der Waals surface area contributed by atoms with E-state index in [1.165, 1.54) is 12.0 Å². The average Bonchev–Trinajstić information content (AvgIpc) is 2.81. The molecule has 0 aliphatic carbocycles. The van der Waals surface area contributed by atoms with Crippen molar-refractivity contribution in [2.45, 2.75) is 19.0 Å². The summed E-state index contributed by atoms with van der Waals surface area (Å²) >= 11 is 5.43. The van der Waals surface area contributed by atoms with Crippen molar-refractivity contribution < 1.29 is 0 Å². The lowest BCUT2D eigenvalue weighted by molar-refractivity contribution is 0.322. The lowest BCUT2D eigenvalue weighted by Crippen LogP contribution is -2.45. The van der Waals surface area contributed by atoms with Crippen LogP contribution in [0.1, 0.15) is 12.0 Å². The Morgan fingerprint density at radius 2 is 2.19 bits per heavy atom. The molecule has 2 aliphatic rings. The van der Waals surface area contributed by atoms with Gasteiger partial charge in [0.2, 0.25) is 0 Å². The summed E-state index contributed by atoms with van der Waals surface area (Å²) in [6.45, 7) is 3.09. The summed E-state index contributed by atoms with van der Waals surface area (Å²) in [6.07, 6.45) is 1.18. The van der Waals surface area contributed by atoms with Gasteiger partial charge in [0.15, 0.2) is 5.11 Å².